The second-order valence-electron chi connectivity index (χ2n) is 4.82. The Labute approximate surface area is 87.3 Å². The first-order valence-electron chi connectivity index (χ1n) is 5.22. The zero-order valence-electron chi connectivity index (χ0n) is 9.96. The predicted octanol–water partition coefficient (Wildman–Crippen LogP) is 3.32. The molecule has 0 aliphatic rings. The van der Waals surface area contributed by atoms with E-state index < -0.39 is 0 Å². The second-order valence-corrected chi connectivity index (χ2v) is 4.82. The van der Waals surface area contributed by atoms with E-state index in [-0.39, 0.29) is 17.5 Å². The standard InChI is InChI=1S/C12H22O2/c1-6-7-8-11(13)14-10(2)9-12(3,4)5/h7-8,10H,6,9H2,1-5H3. The van der Waals surface area contributed by atoms with E-state index in [0.717, 1.165) is 12.8 Å². The van der Waals surface area contributed by atoms with Crippen LogP contribution in [0.4, 0.5) is 0 Å². The molecule has 0 saturated carbocycles. The van der Waals surface area contributed by atoms with E-state index in [1.54, 1.807) is 0 Å². The maximum atomic E-state index is 11.2. The number of hydrogen-bond acceptors (Lipinski definition) is 2. The Morgan fingerprint density at radius 2 is 2.00 bits per heavy atom. The van der Waals surface area contributed by atoms with Crippen molar-refractivity contribution in [1.82, 2.24) is 0 Å². The van der Waals surface area contributed by atoms with E-state index >= 15 is 0 Å². The molecule has 0 spiro atoms. The Balaban J connectivity index is 3.88. The van der Waals surface area contributed by atoms with Crippen LogP contribution in [0.15, 0.2) is 12.2 Å². The van der Waals surface area contributed by atoms with Crippen molar-refractivity contribution in [2.24, 2.45) is 5.41 Å². The number of rotatable bonds is 4. The lowest BCUT2D eigenvalue weighted by atomic mass is 9.90. The van der Waals surface area contributed by atoms with Gasteiger partial charge in [0.1, 0.15) is 0 Å². The van der Waals surface area contributed by atoms with Crippen molar-refractivity contribution < 1.29 is 9.53 Å². The van der Waals surface area contributed by atoms with E-state index in [1.807, 2.05) is 19.9 Å². The number of esters is 1. The van der Waals surface area contributed by atoms with Crippen molar-refractivity contribution in [2.45, 2.75) is 53.6 Å². The monoisotopic (exact) mass is 198 g/mol. The van der Waals surface area contributed by atoms with Gasteiger partial charge in [0.25, 0.3) is 0 Å². The van der Waals surface area contributed by atoms with Crippen LogP contribution in [-0.4, -0.2) is 12.1 Å². The molecular weight excluding hydrogens is 176 g/mol. The van der Waals surface area contributed by atoms with Gasteiger partial charge >= 0.3 is 5.97 Å². The number of carbonyl (C=O) groups is 1. The lowest BCUT2D eigenvalue weighted by Crippen LogP contribution is -2.20. The fourth-order valence-electron chi connectivity index (χ4n) is 1.36. The third kappa shape index (κ3) is 7.84. The van der Waals surface area contributed by atoms with Gasteiger partial charge in [0.2, 0.25) is 0 Å². The molecule has 82 valence electrons. The van der Waals surface area contributed by atoms with E-state index in [4.69, 9.17) is 4.74 Å². The average Bonchev–Trinajstić information content (AvgIpc) is 1.96. The summed E-state index contributed by atoms with van der Waals surface area (Å²) in [6.45, 7) is 10.3. The van der Waals surface area contributed by atoms with E-state index in [1.165, 1.54) is 6.08 Å². The minimum atomic E-state index is -0.233. The van der Waals surface area contributed by atoms with Crippen LogP contribution in [0, 0.1) is 5.41 Å². The molecule has 0 aliphatic heterocycles. The summed E-state index contributed by atoms with van der Waals surface area (Å²) >= 11 is 0. The predicted molar refractivity (Wildman–Crippen MR) is 59.1 cm³/mol. The van der Waals surface area contributed by atoms with Crippen LogP contribution in [0.2, 0.25) is 0 Å². The van der Waals surface area contributed by atoms with Gasteiger partial charge in [0.05, 0.1) is 6.10 Å². The Kier molecular flexibility index (Phi) is 5.51. The van der Waals surface area contributed by atoms with Gasteiger partial charge in [-0.25, -0.2) is 4.79 Å². The van der Waals surface area contributed by atoms with Gasteiger partial charge in [-0.15, -0.1) is 0 Å². The van der Waals surface area contributed by atoms with E-state index in [0.29, 0.717) is 0 Å². The van der Waals surface area contributed by atoms with Crippen LogP contribution < -0.4 is 0 Å². The lowest BCUT2D eigenvalue weighted by molar-refractivity contribution is -0.143. The maximum Gasteiger partial charge on any atom is 0.330 e. The summed E-state index contributed by atoms with van der Waals surface area (Å²) in [5, 5.41) is 0. The van der Waals surface area contributed by atoms with Crippen LogP contribution in [0.1, 0.15) is 47.5 Å². The van der Waals surface area contributed by atoms with Crippen LogP contribution in [0.25, 0.3) is 0 Å². The van der Waals surface area contributed by atoms with E-state index in [9.17, 15) is 4.79 Å². The van der Waals surface area contributed by atoms with Crippen molar-refractivity contribution >= 4 is 5.97 Å². The first-order chi connectivity index (χ1) is 6.35. The zero-order chi connectivity index (χ0) is 11.2. The Morgan fingerprint density at radius 1 is 1.43 bits per heavy atom. The summed E-state index contributed by atoms with van der Waals surface area (Å²) in [5.41, 5.74) is 0.203. The number of carbonyl (C=O) groups excluding carboxylic acids is 1. The van der Waals surface area contributed by atoms with Gasteiger partial charge < -0.3 is 4.74 Å². The SMILES string of the molecule is CCC=CC(=O)OC(C)CC(C)(C)C. The molecule has 0 heterocycles. The van der Waals surface area contributed by atoms with Gasteiger partial charge in [0, 0.05) is 6.08 Å². The highest BCUT2D eigenvalue weighted by Gasteiger charge is 2.17. The van der Waals surface area contributed by atoms with Gasteiger partial charge in [0.15, 0.2) is 0 Å². The molecule has 0 fully saturated rings. The highest BCUT2D eigenvalue weighted by Crippen LogP contribution is 2.22. The zero-order valence-corrected chi connectivity index (χ0v) is 9.96. The largest absolute Gasteiger partial charge is 0.460 e. The number of allylic oxidation sites excluding steroid dienone is 1. The normalized spacial score (nSPS) is 14.4. The van der Waals surface area contributed by atoms with Crippen molar-refractivity contribution in [3.8, 4) is 0 Å². The van der Waals surface area contributed by atoms with Crippen molar-refractivity contribution in [3.63, 3.8) is 0 Å². The van der Waals surface area contributed by atoms with Crippen LogP contribution in [-0.2, 0) is 9.53 Å². The Morgan fingerprint density at radius 3 is 2.43 bits per heavy atom. The first-order valence-corrected chi connectivity index (χ1v) is 5.22. The average molecular weight is 198 g/mol. The molecule has 0 N–H and O–H groups in total. The summed E-state index contributed by atoms with van der Waals surface area (Å²) in [4.78, 5) is 11.2. The minimum absolute atomic E-state index is 0.0102. The summed E-state index contributed by atoms with van der Waals surface area (Å²) in [6, 6.07) is 0. The number of hydrogen-bond donors (Lipinski definition) is 0. The second kappa shape index (κ2) is 5.84. The molecule has 0 saturated heterocycles. The minimum Gasteiger partial charge on any atom is -0.460 e. The third-order valence-corrected chi connectivity index (χ3v) is 1.71. The quantitative estimate of drug-likeness (QED) is 0.511. The molecule has 1 unspecified atom stereocenters. The van der Waals surface area contributed by atoms with Gasteiger partial charge in [-0.2, -0.15) is 0 Å². The van der Waals surface area contributed by atoms with Crippen molar-refractivity contribution in [1.29, 1.82) is 0 Å². The smallest absolute Gasteiger partial charge is 0.330 e. The fourth-order valence-corrected chi connectivity index (χ4v) is 1.36. The summed E-state index contributed by atoms with van der Waals surface area (Å²) in [5.74, 6) is -0.233. The molecule has 2 heteroatoms. The Hall–Kier alpha value is -0.790. The van der Waals surface area contributed by atoms with Gasteiger partial charge in [-0.1, -0.05) is 33.8 Å². The van der Waals surface area contributed by atoms with E-state index in [2.05, 4.69) is 20.8 Å². The molecule has 2 nitrogen and oxygen atoms in total. The molecular formula is C12H22O2. The molecule has 0 aromatic carbocycles. The molecule has 0 aliphatic carbocycles. The van der Waals surface area contributed by atoms with Gasteiger partial charge in [-0.05, 0) is 25.2 Å². The van der Waals surface area contributed by atoms with Crippen molar-refractivity contribution in [3.05, 3.63) is 12.2 Å². The summed E-state index contributed by atoms with van der Waals surface area (Å²) in [6.07, 6.45) is 5.05. The highest BCUT2D eigenvalue weighted by atomic mass is 16.5. The topological polar surface area (TPSA) is 26.3 Å². The molecule has 0 aromatic rings. The molecule has 1 atom stereocenters. The first kappa shape index (κ1) is 13.2. The van der Waals surface area contributed by atoms with Crippen LogP contribution in [0.3, 0.4) is 0 Å². The lowest BCUT2D eigenvalue weighted by Gasteiger charge is -2.22. The molecule has 0 bridgehead atoms. The Bertz CT molecular complexity index is 199. The van der Waals surface area contributed by atoms with Gasteiger partial charge in [-0.3, -0.25) is 0 Å². The summed E-state index contributed by atoms with van der Waals surface area (Å²) in [7, 11) is 0. The highest BCUT2D eigenvalue weighted by molar-refractivity contribution is 5.81. The third-order valence-electron chi connectivity index (χ3n) is 1.71. The molecule has 0 aromatic heterocycles. The summed E-state index contributed by atoms with van der Waals surface area (Å²) < 4.78 is 5.20. The van der Waals surface area contributed by atoms with Crippen LogP contribution >= 0.6 is 0 Å². The molecule has 14 heavy (non-hydrogen) atoms. The van der Waals surface area contributed by atoms with Crippen molar-refractivity contribution in [2.75, 3.05) is 0 Å². The maximum absolute atomic E-state index is 11.2. The van der Waals surface area contributed by atoms with Crippen LogP contribution in [0.5, 0.6) is 0 Å². The molecule has 0 radical (unpaired) electrons. The molecule has 0 rings (SSSR count). The number of ether oxygens (including phenoxy) is 1. The fraction of sp³-hybridized carbons (Fsp3) is 0.750. The molecule has 0 amide bonds.